The van der Waals surface area contributed by atoms with Crippen LogP contribution >= 0.6 is 0 Å². The lowest BCUT2D eigenvalue weighted by Gasteiger charge is -2.07. The number of aliphatic carboxylic acids is 1. The number of hydrogen-bond acceptors (Lipinski definition) is 5. The molecule has 1 amide bonds. The van der Waals surface area contributed by atoms with Crippen LogP contribution in [0.2, 0.25) is 0 Å². The van der Waals surface area contributed by atoms with Gasteiger partial charge in [-0.1, -0.05) is 12.1 Å². The fourth-order valence-corrected chi connectivity index (χ4v) is 1.19. The first-order chi connectivity index (χ1) is 8.56. The van der Waals surface area contributed by atoms with E-state index in [0.29, 0.717) is 0 Å². The molecule has 2 N–H and O–H groups in total. The molecular formula is C11H11NO6. The van der Waals surface area contributed by atoms with Gasteiger partial charge in [-0.2, -0.15) is 0 Å². The minimum atomic E-state index is -1.23. The second-order valence-corrected chi connectivity index (χ2v) is 3.15. The van der Waals surface area contributed by atoms with Crippen molar-refractivity contribution in [1.29, 1.82) is 0 Å². The Balaban J connectivity index is 2.79. The van der Waals surface area contributed by atoms with Crippen LogP contribution in [-0.2, 0) is 14.4 Å². The van der Waals surface area contributed by atoms with Crippen LogP contribution in [0.5, 0.6) is 0 Å². The standard InChI is InChI=1S/C11H11NO6/c1-17-11(16)8-5-3-2-4-7(8)10(15)12-18-6-9(13)14/h2-5H,6H2,1H3,(H,12,15)(H,13,14). The predicted octanol–water partition coefficient (Wildman–Crippen LogP) is 0.219. The highest BCUT2D eigenvalue weighted by molar-refractivity contribution is 6.04. The van der Waals surface area contributed by atoms with Crippen molar-refractivity contribution in [3.63, 3.8) is 0 Å². The molecule has 1 aromatic carbocycles. The number of carboxylic acids is 1. The Hall–Kier alpha value is -2.41. The summed E-state index contributed by atoms with van der Waals surface area (Å²) in [6.07, 6.45) is 0. The number of carbonyl (C=O) groups is 3. The number of nitrogens with one attached hydrogen (secondary N) is 1. The number of hydroxylamine groups is 1. The van der Waals surface area contributed by atoms with Gasteiger partial charge < -0.3 is 9.84 Å². The summed E-state index contributed by atoms with van der Waals surface area (Å²) in [6, 6.07) is 5.93. The number of amides is 1. The summed E-state index contributed by atoms with van der Waals surface area (Å²) >= 11 is 0. The third-order valence-electron chi connectivity index (χ3n) is 1.94. The summed E-state index contributed by atoms with van der Waals surface area (Å²) in [5.41, 5.74) is 2.03. The van der Waals surface area contributed by atoms with E-state index in [-0.39, 0.29) is 11.1 Å². The van der Waals surface area contributed by atoms with Gasteiger partial charge in [-0.3, -0.25) is 9.63 Å². The van der Waals surface area contributed by atoms with Crippen molar-refractivity contribution in [3.8, 4) is 0 Å². The van der Waals surface area contributed by atoms with E-state index in [1.165, 1.54) is 19.2 Å². The van der Waals surface area contributed by atoms with E-state index in [9.17, 15) is 14.4 Å². The van der Waals surface area contributed by atoms with Crippen molar-refractivity contribution in [2.75, 3.05) is 13.7 Å². The average molecular weight is 253 g/mol. The minimum Gasteiger partial charge on any atom is -0.479 e. The molecule has 0 saturated carbocycles. The summed E-state index contributed by atoms with van der Waals surface area (Å²) in [4.78, 5) is 37.6. The number of ether oxygens (including phenoxy) is 1. The van der Waals surface area contributed by atoms with Crippen molar-refractivity contribution in [2.45, 2.75) is 0 Å². The van der Waals surface area contributed by atoms with Gasteiger partial charge in [0.1, 0.15) is 0 Å². The first kappa shape index (κ1) is 13.7. The zero-order valence-electron chi connectivity index (χ0n) is 9.50. The molecule has 0 atom stereocenters. The molecule has 7 heteroatoms. The Morgan fingerprint density at radius 1 is 1.22 bits per heavy atom. The number of esters is 1. The van der Waals surface area contributed by atoms with E-state index in [4.69, 9.17) is 5.11 Å². The SMILES string of the molecule is COC(=O)c1ccccc1C(=O)NOCC(=O)O. The predicted molar refractivity (Wildman–Crippen MR) is 58.8 cm³/mol. The molecule has 0 bridgehead atoms. The van der Waals surface area contributed by atoms with E-state index in [2.05, 4.69) is 9.57 Å². The summed E-state index contributed by atoms with van der Waals surface area (Å²) in [7, 11) is 1.19. The molecule has 96 valence electrons. The molecule has 0 aliphatic carbocycles. The Morgan fingerprint density at radius 2 is 1.83 bits per heavy atom. The van der Waals surface area contributed by atoms with Crippen LogP contribution in [0.4, 0.5) is 0 Å². The van der Waals surface area contributed by atoms with Crippen LogP contribution in [-0.4, -0.2) is 36.7 Å². The number of hydrogen-bond donors (Lipinski definition) is 2. The maximum Gasteiger partial charge on any atom is 0.338 e. The molecule has 1 rings (SSSR count). The lowest BCUT2D eigenvalue weighted by atomic mass is 10.1. The van der Waals surface area contributed by atoms with Crippen LogP contribution < -0.4 is 5.48 Å². The summed E-state index contributed by atoms with van der Waals surface area (Å²) in [5, 5.41) is 8.33. The molecule has 0 heterocycles. The zero-order valence-corrected chi connectivity index (χ0v) is 9.50. The first-order valence-electron chi connectivity index (χ1n) is 4.87. The van der Waals surface area contributed by atoms with Crippen LogP contribution in [0.1, 0.15) is 20.7 Å². The van der Waals surface area contributed by atoms with Gasteiger partial charge in [0.25, 0.3) is 5.91 Å². The van der Waals surface area contributed by atoms with Crippen LogP contribution in [0, 0.1) is 0 Å². The molecule has 0 aliphatic heterocycles. The summed E-state index contributed by atoms with van der Waals surface area (Å²) in [5.74, 6) is -2.62. The molecule has 18 heavy (non-hydrogen) atoms. The van der Waals surface area contributed by atoms with E-state index >= 15 is 0 Å². The highest BCUT2D eigenvalue weighted by atomic mass is 16.7. The Labute approximate surface area is 102 Å². The molecule has 0 saturated heterocycles. The maximum atomic E-state index is 11.6. The van der Waals surface area contributed by atoms with Crippen LogP contribution in [0.25, 0.3) is 0 Å². The van der Waals surface area contributed by atoms with Gasteiger partial charge in [0.2, 0.25) is 0 Å². The third kappa shape index (κ3) is 3.56. The number of carboxylic acid groups (broad SMARTS) is 1. The lowest BCUT2D eigenvalue weighted by Crippen LogP contribution is -2.28. The fraction of sp³-hybridized carbons (Fsp3) is 0.182. The topological polar surface area (TPSA) is 102 Å². The van der Waals surface area contributed by atoms with Gasteiger partial charge in [0.15, 0.2) is 6.61 Å². The highest BCUT2D eigenvalue weighted by Crippen LogP contribution is 2.09. The molecule has 0 spiro atoms. The highest BCUT2D eigenvalue weighted by Gasteiger charge is 2.17. The van der Waals surface area contributed by atoms with Gasteiger partial charge in [0, 0.05) is 0 Å². The molecule has 0 radical (unpaired) electrons. The van der Waals surface area contributed by atoms with Gasteiger partial charge in [-0.15, -0.1) is 0 Å². The van der Waals surface area contributed by atoms with E-state index in [1.54, 1.807) is 12.1 Å². The van der Waals surface area contributed by atoms with Crippen molar-refractivity contribution >= 4 is 17.8 Å². The van der Waals surface area contributed by atoms with E-state index < -0.39 is 24.5 Å². The van der Waals surface area contributed by atoms with Gasteiger partial charge >= 0.3 is 11.9 Å². The number of carbonyl (C=O) groups excluding carboxylic acids is 2. The van der Waals surface area contributed by atoms with Crippen molar-refractivity contribution in [3.05, 3.63) is 35.4 Å². The third-order valence-corrected chi connectivity index (χ3v) is 1.94. The Bertz CT molecular complexity index is 470. The van der Waals surface area contributed by atoms with E-state index in [1.807, 2.05) is 5.48 Å². The molecule has 0 unspecified atom stereocenters. The minimum absolute atomic E-state index is 0.0368. The smallest absolute Gasteiger partial charge is 0.338 e. The van der Waals surface area contributed by atoms with Crippen molar-refractivity contribution in [1.82, 2.24) is 5.48 Å². The van der Waals surface area contributed by atoms with Crippen molar-refractivity contribution < 1.29 is 29.1 Å². The molecule has 0 aliphatic rings. The van der Waals surface area contributed by atoms with Gasteiger partial charge in [-0.05, 0) is 12.1 Å². The first-order valence-corrected chi connectivity index (χ1v) is 4.87. The Kier molecular flexibility index (Phi) is 4.82. The fourth-order valence-electron chi connectivity index (χ4n) is 1.19. The van der Waals surface area contributed by atoms with Crippen LogP contribution in [0.15, 0.2) is 24.3 Å². The number of methoxy groups -OCH3 is 1. The quantitative estimate of drug-likeness (QED) is 0.575. The molecule has 1 aromatic rings. The number of rotatable bonds is 5. The van der Waals surface area contributed by atoms with Gasteiger partial charge in [-0.25, -0.2) is 15.1 Å². The summed E-state index contributed by atoms with van der Waals surface area (Å²) < 4.78 is 4.52. The summed E-state index contributed by atoms with van der Waals surface area (Å²) in [6.45, 7) is -0.674. The molecule has 0 aromatic heterocycles. The lowest BCUT2D eigenvalue weighted by molar-refractivity contribution is -0.144. The molecular weight excluding hydrogens is 242 g/mol. The monoisotopic (exact) mass is 253 g/mol. The molecule has 0 fully saturated rings. The van der Waals surface area contributed by atoms with Crippen molar-refractivity contribution in [2.24, 2.45) is 0 Å². The normalized spacial score (nSPS) is 9.61. The number of benzene rings is 1. The average Bonchev–Trinajstić information content (AvgIpc) is 2.37. The second-order valence-electron chi connectivity index (χ2n) is 3.15. The zero-order chi connectivity index (χ0) is 13.5. The largest absolute Gasteiger partial charge is 0.479 e. The molecule has 7 nitrogen and oxygen atoms in total. The van der Waals surface area contributed by atoms with E-state index in [0.717, 1.165) is 0 Å². The Morgan fingerprint density at radius 3 is 2.39 bits per heavy atom. The maximum absolute atomic E-state index is 11.6. The second kappa shape index (κ2) is 6.36. The van der Waals surface area contributed by atoms with Crippen LogP contribution in [0.3, 0.4) is 0 Å². The van der Waals surface area contributed by atoms with Gasteiger partial charge in [0.05, 0.1) is 18.2 Å².